The van der Waals surface area contributed by atoms with Gasteiger partial charge in [-0.1, -0.05) is 45.0 Å². The van der Waals surface area contributed by atoms with Gasteiger partial charge >= 0.3 is 0 Å². The molecule has 1 heterocycles. The molecule has 0 saturated carbocycles. The normalized spacial score (nSPS) is 11.8. The Morgan fingerprint density at radius 2 is 1.76 bits per heavy atom. The highest BCUT2D eigenvalue weighted by Crippen LogP contribution is 2.22. The van der Waals surface area contributed by atoms with Gasteiger partial charge in [-0.15, -0.1) is 0 Å². The van der Waals surface area contributed by atoms with E-state index in [0.29, 0.717) is 0 Å². The Balaban J connectivity index is 2.13. The number of hydrogen-bond donors (Lipinski definition) is 0. The third-order valence-electron chi connectivity index (χ3n) is 2.82. The van der Waals surface area contributed by atoms with Crippen molar-refractivity contribution < 1.29 is 0 Å². The van der Waals surface area contributed by atoms with Crippen LogP contribution in [0.15, 0.2) is 30.6 Å². The van der Waals surface area contributed by atoms with E-state index in [-0.39, 0.29) is 5.41 Å². The van der Waals surface area contributed by atoms with Crippen LogP contribution in [0.4, 0.5) is 0 Å². The highest BCUT2D eigenvalue weighted by atomic mass is 15.3. The van der Waals surface area contributed by atoms with Crippen molar-refractivity contribution in [3.05, 3.63) is 47.5 Å². The summed E-state index contributed by atoms with van der Waals surface area (Å²) in [6, 6.07) is 8.72. The molecule has 2 aromatic rings. The number of rotatable bonds is 2. The van der Waals surface area contributed by atoms with Gasteiger partial charge in [-0.3, -0.25) is 0 Å². The second kappa shape index (κ2) is 4.32. The lowest BCUT2D eigenvalue weighted by Crippen LogP contribution is -2.11. The van der Waals surface area contributed by atoms with Crippen LogP contribution in [0.3, 0.4) is 0 Å². The summed E-state index contributed by atoms with van der Waals surface area (Å²) in [5.41, 5.74) is 2.82. The van der Waals surface area contributed by atoms with Crippen molar-refractivity contribution in [3.8, 4) is 0 Å². The molecule has 0 unspecified atom stereocenters. The van der Waals surface area contributed by atoms with Crippen LogP contribution >= 0.6 is 0 Å². The number of hydrogen-bond acceptors (Lipinski definition) is 2. The van der Waals surface area contributed by atoms with Gasteiger partial charge in [0.05, 0.1) is 6.54 Å². The van der Waals surface area contributed by atoms with Crippen LogP contribution in [-0.4, -0.2) is 14.8 Å². The molecule has 17 heavy (non-hydrogen) atoms. The van der Waals surface area contributed by atoms with Gasteiger partial charge in [0.1, 0.15) is 12.2 Å². The van der Waals surface area contributed by atoms with Crippen LogP contribution in [0.25, 0.3) is 0 Å². The molecule has 1 aromatic heterocycles. The van der Waals surface area contributed by atoms with Crippen LogP contribution < -0.4 is 0 Å². The van der Waals surface area contributed by atoms with Crippen molar-refractivity contribution in [2.24, 2.45) is 0 Å². The van der Waals surface area contributed by atoms with E-state index in [2.05, 4.69) is 55.1 Å². The monoisotopic (exact) mass is 229 g/mol. The van der Waals surface area contributed by atoms with Crippen molar-refractivity contribution in [1.82, 2.24) is 14.8 Å². The smallest absolute Gasteiger partial charge is 0.147 e. The minimum atomic E-state index is 0.211. The molecule has 0 fully saturated rings. The van der Waals surface area contributed by atoms with Gasteiger partial charge in [0.15, 0.2) is 0 Å². The molecule has 0 aliphatic carbocycles. The number of nitrogens with zero attached hydrogens (tertiary/aromatic N) is 3. The van der Waals surface area contributed by atoms with Crippen molar-refractivity contribution in [2.45, 2.75) is 39.7 Å². The average molecular weight is 229 g/mol. The summed E-state index contributed by atoms with van der Waals surface area (Å²) >= 11 is 0. The van der Waals surface area contributed by atoms with Crippen LogP contribution in [0.2, 0.25) is 0 Å². The zero-order chi connectivity index (χ0) is 12.5. The first-order valence-electron chi connectivity index (χ1n) is 5.90. The maximum atomic E-state index is 4.28. The first-order chi connectivity index (χ1) is 7.95. The Hall–Kier alpha value is -1.64. The molecule has 0 radical (unpaired) electrons. The van der Waals surface area contributed by atoms with E-state index in [0.717, 1.165) is 12.4 Å². The minimum Gasteiger partial charge on any atom is -0.248 e. The van der Waals surface area contributed by atoms with Crippen molar-refractivity contribution in [3.63, 3.8) is 0 Å². The largest absolute Gasteiger partial charge is 0.248 e. The predicted molar refractivity (Wildman–Crippen MR) is 69.0 cm³/mol. The van der Waals surface area contributed by atoms with Crippen LogP contribution in [0.5, 0.6) is 0 Å². The van der Waals surface area contributed by atoms with E-state index in [1.54, 1.807) is 6.33 Å². The Morgan fingerprint density at radius 3 is 2.24 bits per heavy atom. The molecule has 90 valence electrons. The zero-order valence-electron chi connectivity index (χ0n) is 10.9. The molecular formula is C14H19N3. The average Bonchev–Trinajstić information content (AvgIpc) is 2.63. The summed E-state index contributed by atoms with van der Waals surface area (Å²) in [4.78, 5) is 4.12. The summed E-state index contributed by atoms with van der Waals surface area (Å²) in [5, 5.41) is 4.28. The van der Waals surface area contributed by atoms with Crippen LogP contribution in [-0.2, 0) is 12.0 Å². The van der Waals surface area contributed by atoms with Gasteiger partial charge in [0.2, 0.25) is 0 Å². The Labute approximate surface area is 103 Å². The quantitative estimate of drug-likeness (QED) is 0.792. The lowest BCUT2D eigenvalue weighted by molar-refractivity contribution is 0.589. The SMILES string of the molecule is Cc1ncn(Cc2ccc(C(C)(C)C)cc2)n1. The molecule has 0 bridgehead atoms. The van der Waals surface area contributed by atoms with Crippen LogP contribution in [0.1, 0.15) is 37.7 Å². The molecule has 0 N–H and O–H groups in total. The molecule has 0 aliphatic heterocycles. The van der Waals surface area contributed by atoms with Crippen LogP contribution in [0, 0.1) is 6.92 Å². The third kappa shape index (κ3) is 2.93. The van der Waals surface area contributed by atoms with Gasteiger partial charge in [-0.25, -0.2) is 9.67 Å². The summed E-state index contributed by atoms with van der Waals surface area (Å²) < 4.78 is 1.86. The fraction of sp³-hybridized carbons (Fsp3) is 0.429. The summed E-state index contributed by atoms with van der Waals surface area (Å²) in [6.45, 7) is 9.36. The van der Waals surface area contributed by atoms with Gasteiger partial charge < -0.3 is 0 Å². The minimum absolute atomic E-state index is 0.211. The molecular weight excluding hydrogens is 210 g/mol. The molecule has 2 rings (SSSR count). The van der Waals surface area contributed by atoms with Crippen molar-refractivity contribution in [1.29, 1.82) is 0 Å². The number of benzene rings is 1. The van der Waals surface area contributed by atoms with Gasteiger partial charge in [-0.05, 0) is 23.5 Å². The fourth-order valence-electron chi connectivity index (χ4n) is 1.76. The lowest BCUT2D eigenvalue weighted by Gasteiger charge is -2.19. The maximum absolute atomic E-state index is 4.28. The molecule has 0 spiro atoms. The molecule has 3 heteroatoms. The van der Waals surface area contributed by atoms with Gasteiger partial charge in [0.25, 0.3) is 0 Å². The Bertz CT molecular complexity index is 489. The molecule has 0 atom stereocenters. The molecule has 1 aromatic carbocycles. The fourth-order valence-corrected chi connectivity index (χ4v) is 1.76. The van der Waals surface area contributed by atoms with E-state index >= 15 is 0 Å². The summed E-state index contributed by atoms with van der Waals surface area (Å²) in [7, 11) is 0. The molecule has 3 nitrogen and oxygen atoms in total. The standard InChI is InChI=1S/C14H19N3/c1-11-15-10-17(16-11)9-12-5-7-13(8-6-12)14(2,3)4/h5-8,10H,9H2,1-4H3. The molecule has 0 aliphatic rings. The van der Waals surface area contributed by atoms with Gasteiger partial charge in [-0.2, -0.15) is 5.10 Å². The van der Waals surface area contributed by atoms with E-state index in [1.165, 1.54) is 11.1 Å². The van der Waals surface area contributed by atoms with Crippen molar-refractivity contribution in [2.75, 3.05) is 0 Å². The number of aromatic nitrogens is 3. The van der Waals surface area contributed by atoms with E-state index in [1.807, 2.05) is 11.6 Å². The Kier molecular flexibility index (Phi) is 3.01. The molecule has 0 amide bonds. The highest BCUT2D eigenvalue weighted by molar-refractivity contribution is 5.27. The summed E-state index contributed by atoms with van der Waals surface area (Å²) in [5.74, 6) is 0.816. The first-order valence-corrected chi connectivity index (χ1v) is 5.90. The second-order valence-corrected chi connectivity index (χ2v) is 5.44. The molecule has 0 saturated heterocycles. The van der Waals surface area contributed by atoms with E-state index < -0.39 is 0 Å². The number of aryl methyl sites for hydroxylation is 1. The highest BCUT2D eigenvalue weighted by Gasteiger charge is 2.12. The van der Waals surface area contributed by atoms with Gasteiger partial charge in [0, 0.05) is 0 Å². The maximum Gasteiger partial charge on any atom is 0.147 e. The topological polar surface area (TPSA) is 30.7 Å². The zero-order valence-corrected chi connectivity index (χ0v) is 10.9. The van der Waals surface area contributed by atoms with E-state index in [4.69, 9.17) is 0 Å². The Morgan fingerprint density at radius 1 is 1.12 bits per heavy atom. The van der Waals surface area contributed by atoms with Crippen molar-refractivity contribution >= 4 is 0 Å². The first kappa shape index (κ1) is 11.8. The summed E-state index contributed by atoms with van der Waals surface area (Å²) in [6.07, 6.45) is 1.77. The predicted octanol–water partition coefficient (Wildman–Crippen LogP) is 2.93. The second-order valence-electron chi connectivity index (χ2n) is 5.44. The van der Waals surface area contributed by atoms with E-state index in [9.17, 15) is 0 Å². The third-order valence-corrected chi connectivity index (χ3v) is 2.82. The lowest BCUT2D eigenvalue weighted by atomic mass is 9.87.